The van der Waals surface area contributed by atoms with Crippen LogP contribution in [0, 0.1) is 0 Å². The molecule has 0 aliphatic heterocycles. The van der Waals surface area contributed by atoms with Crippen molar-refractivity contribution in [2.24, 2.45) is 0 Å². The maximum atomic E-state index is 13.2. The van der Waals surface area contributed by atoms with Crippen LogP contribution in [0.1, 0.15) is 70.5 Å². The SMILES string of the molecule is CCC[C@@H](c1nnnn1C(C)(C)C)N(Cc1ccccc1)Cc1cc2cc(OCC)ccc2[nH]c1=O. The Balaban J connectivity index is 1.77. The maximum Gasteiger partial charge on any atom is 0.252 e. The van der Waals surface area contributed by atoms with Crippen LogP contribution in [0.2, 0.25) is 0 Å². The van der Waals surface area contributed by atoms with Gasteiger partial charge >= 0.3 is 0 Å². The minimum atomic E-state index is -0.265. The molecule has 0 radical (unpaired) electrons. The first-order valence-corrected chi connectivity index (χ1v) is 12.7. The number of aromatic nitrogens is 5. The predicted molar refractivity (Wildman–Crippen MR) is 142 cm³/mol. The number of hydrogen-bond donors (Lipinski definition) is 1. The Kier molecular flexibility index (Phi) is 7.84. The van der Waals surface area contributed by atoms with E-state index < -0.39 is 0 Å². The molecular weight excluding hydrogens is 452 g/mol. The van der Waals surface area contributed by atoms with Crippen LogP contribution in [0.15, 0.2) is 59.4 Å². The summed E-state index contributed by atoms with van der Waals surface area (Å²) in [6.45, 7) is 12.1. The molecule has 2 heterocycles. The van der Waals surface area contributed by atoms with Crippen molar-refractivity contribution < 1.29 is 4.74 Å². The summed E-state index contributed by atoms with van der Waals surface area (Å²) in [6.07, 6.45) is 1.82. The normalized spacial score (nSPS) is 12.8. The van der Waals surface area contributed by atoms with Gasteiger partial charge in [-0.05, 0) is 74.4 Å². The molecule has 0 aliphatic carbocycles. The highest BCUT2D eigenvalue weighted by molar-refractivity contribution is 5.80. The fourth-order valence-corrected chi connectivity index (χ4v) is 4.54. The molecule has 190 valence electrons. The van der Waals surface area contributed by atoms with Gasteiger partial charge in [0.1, 0.15) is 5.75 Å². The third-order valence-electron chi connectivity index (χ3n) is 6.24. The number of fused-ring (bicyclic) bond motifs is 1. The van der Waals surface area contributed by atoms with E-state index >= 15 is 0 Å². The first kappa shape index (κ1) is 25.6. The first-order chi connectivity index (χ1) is 17.3. The number of nitrogens with zero attached hydrogens (tertiary/aromatic N) is 5. The van der Waals surface area contributed by atoms with Gasteiger partial charge in [-0.2, -0.15) is 0 Å². The van der Waals surface area contributed by atoms with Gasteiger partial charge in [0.05, 0.1) is 18.2 Å². The third kappa shape index (κ3) is 5.82. The lowest BCUT2D eigenvalue weighted by Crippen LogP contribution is -2.35. The molecule has 0 bridgehead atoms. The summed E-state index contributed by atoms with van der Waals surface area (Å²) in [4.78, 5) is 18.5. The number of aromatic amines is 1. The van der Waals surface area contributed by atoms with Gasteiger partial charge in [-0.3, -0.25) is 9.69 Å². The van der Waals surface area contributed by atoms with E-state index in [4.69, 9.17) is 4.74 Å². The summed E-state index contributed by atoms with van der Waals surface area (Å²) in [5, 5.41) is 13.8. The highest BCUT2D eigenvalue weighted by Crippen LogP contribution is 2.30. The third-order valence-corrected chi connectivity index (χ3v) is 6.24. The largest absolute Gasteiger partial charge is 0.494 e. The van der Waals surface area contributed by atoms with Gasteiger partial charge in [-0.25, -0.2) is 4.68 Å². The highest BCUT2D eigenvalue weighted by atomic mass is 16.5. The predicted octanol–water partition coefficient (Wildman–Crippen LogP) is 5.21. The molecule has 2 aromatic carbocycles. The van der Waals surface area contributed by atoms with E-state index in [0.29, 0.717) is 25.3 Å². The lowest BCUT2D eigenvalue weighted by Gasteiger charge is -2.33. The molecule has 0 saturated heterocycles. The minimum Gasteiger partial charge on any atom is -0.494 e. The zero-order valence-electron chi connectivity index (χ0n) is 21.9. The van der Waals surface area contributed by atoms with Gasteiger partial charge in [-0.15, -0.1) is 5.10 Å². The number of ether oxygens (including phenoxy) is 1. The molecule has 36 heavy (non-hydrogen) atoms. The Bertz CT molecular complexity index is 1340. The van der Waals surface area contributed by atoms with E-state index in [-0.39, 0.29) is 17.1 Å². The molecule has 2 aromatic heterocycles. The van der Waals surface area contributed by atoms with Crippen molar-refractivity contribution in [2.75, 3.05) is 6.61 Å². The number of rotatable bonds is 10. The van der Waals surface area contributed by atoms with Gasteiger partial charge < -0.3 is 9.72 Å². The van der Waals surface area contributed by atoms with Crippen LogP contribution < -0.4 is 10.3 Å². The number of nitrogens with one attached hydrogen (secondary N) is 1. The van der Waals surface area contributed by atoms with Crippen molar-refractivity contribution in [3.05, 3.63) is 81.9 Å². The second-order valence-corrected chi connectivity index (χ2v) is 10.1. The summed E-state index contributed by atoms with van der Waals surface area (Å²) in [5.74, 6) is 1.61. The van der Waals surface area contributed by atoms with Gasteiger partial charge in [0, 0.05) is 29.6 Å². The molecule has 0 fully saturated rings. The summed E-state index contributed by atoms with van der Waals surface area (Å²) in [6, 6.07) is 18.0. The van der Waals surface area contributed by atoms with Crippen LogP contribution in [0.25, 0.3) is 10.9 Å². The van der Waals surface area contributed by atoms with Crippen molar-refractivity contribution >= 4 is 10.9 Å². The summed E-state index contributed by atoms with van der Waals surface area (Å²) >= 11 is 0. The Morgan fingerprint density at radius 2 is 1.83 bits per heavy atom. The van der Waals surface area contributed by atoms with Crippen LogP contribution in [-0.2, 0) is 18.6 Å². The lowest BCUT2D eigenvalue weighted by atomic mass is 10.0. The standard InChI is InChI=1S/C28H36N6O2/c1-6-11-25(26-30-31-32-34(26)28(3,4)5)33(18-20-12-9-8-10-13-20)19-22-16-21-17-23(36-7-2)14-15-24(21)29-27(22)35/h8-10,12-17,25H,6-7,11,18-19H2,1-5H3,(H,29,35)/t25-/m0/s1. The van der Waals surface area contributed by atoms with E-state index in [0.717, 1.165) is 35.3 Å². The molecule has 1 atom stereocenters. The summed E-state index contributed by atoms with van der Waals surface area (Å²) < 4.78 is 7.59. The molecule has 4 rings (SSSR count). The average molecular weight is 489 g/mol. The Labute approximate surface area is 212 Å². The van der Waals surface area contributed by atoms with Crippen molar-refractivity contribution in [1.29, 1.82) is 0 Å². The smallest absolute Gasteiger partial charge is 0.252 e. The number of pyridine rings is 1. The Morgan fingerprint density at radius 1 is 1.06 bits per heavy atom. The van der Waals surface area contributed by atoms with Crippen LogP contribution in [0.5, 0.6) is 5.75 Å². The molecule has 0 saturated carbocycles. The van der Waals surface area contributed by atoms with Crippen LogP contribution in [-0.4, -0.2) is 36.7 Å². The van der Waals surface area contributed by atoms with Crippen LogP contribution in [0.3, 0.4) is 0 Å². The molecule has 0 amide bonds. The summed E-state index contributed by atoms with van der Waals surface area (Å²) in [7, 11) is 0. The zero-order valence-corrected chi connectivity index (χ0v) is 21.9. The van der Waals surface area contributed by atoms with Gasteiger partial charge in [0.2, 0.25) is 0 Å². The van der Waals surface area contributed by atoms with E-state index in [1.54, 1.807) is 0 Å². The zero-order chi connectivity index (χ0) is 25.7. The van der Waals surface area contributed by atoms with Gasteiger partial charge in [0.25, 0.3) is 5.56 Å². The van der Waals surface area contributed by atoms with E-state index in [2.05, 4.69) is 65.2 Å². The first-order valence-electron chi connectivity index (χ1n) is 12.7. The second-order valence-electron chi connectivity index (χ2n) is 10.1. The van der Waals surface area contributed by atoms with Crippen molar-refractivity contribution in [1.82, 2.24) is 30.1 Å². The van der Waals surface area contributed by atoms with E-state index in [1.807, 2.05) is 54.1 Å². The average Bonchev–Trinajstić information content (AvgIpc) is 3.34. The monoisotopic (exact) mass is 488 g/mol. The quantitative estimate of drug-likeness (QED) is 0.330. The molecule has 1 N–H and O–H groups in total. The van der Waals surface area contributed by atoms with E-state index in [1.165, 1.54) is 5.56 Å². The fourth-order valence-electron chi connectivity index (χ4n) is 4.54. The molecule has 0 aliphatic rings. The second kappa shape index (κ2) is 11.0. The molecule has 0 spiro atoms. The topological polar surface area (TPSA) is 88.9 Å². The van der Waals surface area contributed by atoms with Crippen molar-refractivity contribution in [2.45, 2.75) is 72.1 Å². The number of benzene rings is 2. The molecule has 0 unspecified atom stereocenters. The van der Waals surface area contributed by atoms with Crippen LogP contribution in [0.4, 0.5) is 0 Å². The molecule has 8 heteroatoms. The molecule has 4 aromatic rings. The van der Waals surface area contributed by atoms with E-state index in [9.17, 15) is 4.79 Å². The fraction of sp³-hybridized carbons (Fsp3) is 0.429. The number of H-pyrrole nitrogens is 1. The van der Waals surface area contributed by atoms with Crippen molar-refractivity contribution in [3.63, 3.8) is 0 Å². The van der Waals surface area contributed by atoms with Crippen molar-refractivity contribution in [3.8, 4) is 5.75 Å². The Hall–Kier alpha value is -3.52. The summed E-state index contributed by atoms with van der Waals surface area (Å²) in [5.41, 5.74) is 2.31. The lowest BCUT2D eigenvalue weighted by molar-refractivity contribution is 0.148. The van der Waals surface area contributed by atoms with Gasteiger partial charge in [0.15, 0.2) is 5.82 Å². The van der Waals surface area contributed by atoms with Gasteiger partial charge in [-0.1, -0.05) is 43.7 Å². The highest BCUT2D eigenvalue weighted by Gasteiger charge is 2.30. The Morgan fingerprint density at radius 3 is 2.53 bits per heavy atom. The maximum absolute atomic E-state index is 13.2. The molecular formula is C28H36N6O2. The van der Waals surface area contributed by atoms with Crippen LogP contribution >= 0.6 is 0 Å². The number of hydrogen-bond acceptors (Lipinski definition) is 6. The molecule has 8 nitrogen and oxygen atoms in total. The number of tetrazole rings is 1. The minimum absolute atomic E-state index is 0.0608.